The van der Waals surface area contributed by atoms with Crippen molar-refractivity contribution in [2.24, 2.45) is 10.7 Å². The monoisotopic (exact) mass is 263 g/mol. The van der Waals surface area contributed by atoms with Crippen LogP contribution in [0.2, 0.25) is 0 Å². The lowest BCUT2D eigenvalue weighted by Gasteiger charge is -2.23. The lowest BCUT2D eigenvalue weighted by Crippen LogP contribution is -2.34. The Morgan fingerprint density at radius 2 is 1.95 bits per heavy atom. The number of aliphatic imine (C=N–C) groups is 1. The summed E-state index contributed by atoms with van der Waals surface area (Å²) in [4.78, 5) is 4.40. The SMILES string of the molecule is CCCNC(N)=NCC(C)(C)c1ccc(OC)cc1. The first kappa shape index (κ1) is 15.3. The average Bonchev–Trinajstić information content (AvgIpc) is 2.43. The lowest BCUT2D eigenvalue weighted by atomic mass is 9.85. The summed E-state index contributed by atoms with van der Waals surface area (Å²) in [7, 11) is 1.67. The standard InChI is InChI=1S/C15H25N3O/c1-5-10-17-14(16)18-11-15(2,3)12-6-8-13(19-4)9-7-12/h6-9H,5,10-11H2,1-4H3,(H3,16,17,18). The molecule has 0 aliphatic rings. The molecule has 0 aliphatic heterocycles. The molecule has 1 aromatic rings. The summed E-state index contributed by atoms with van der Waals surface area (Å²) in [5, 5.41) is 3.08. The first-order valence-corrected chi connectivity index (χ1v) is 6.68. The number of methoxy groups -OCH3 is 1. The molecule has 4 heteroatoms. The van der Waals surface area contributed by atoms with Crippen molar-refractivity contribution in [1.82, 2.24) is 5.32 Å². The minimum absolute atomic E-state index is 0.0508. The van der Waals surface area contributed by atoms with Gasteiger partial charge in [0.1, 0.15) is 5.75 Å². The van der Waals surface area contributed by atoms with E-state index in [-0.39, 0.29) is 5.41 Å². The largest absolute Gasteiger partial charge is 0.497 e. The second-order valence-electron chi connectivity index (χ2n) is 5.24. The van der Waals surface area contributed by atoms with E-state index >= 15 is 0 Å². The predicted molar refractivity (Wildman–Crippen MR) is 80.8 cm³/mol. The van der Waals surface area contributed by atoms with Crippen molar-refractivity contribution < 1.29 is 4.74 Å². The third-order valence-electron chi connectivity index (χ3n) is 3.07. The highest BCUT2D eigenvalue weighted by atomic mass is 16.5. The highest BCUT2D eigenvalue weighted by Crippen LogP contribution is 2.25. The van der Waals surface area contributed by atoms with Crippen molar-refractivity contribution in [1.29, 1.82) is 0 Å². The minimum Gasteiger partial charge on any atom is -0.497 e. The topological polar surface area (TPSA) is 59.6 Å². The zero-order valence-corrected chi connectivity index (χ0v) is 12.4. The molecule has 0 fully saturated rings. The molecule has 106 valence electrons. The van der Waals surface area contributed by atoms with Crippen LogP contribution in [0, 0.1) is 0 Å². The Labute approximate surface area is 116 Å². The number of hydrogen-bond acceptors (Lipinski definition) is 2. The van der Waals surface area contributed by atoms with E-state index < -0.39 is 0 Å². The van der Waals surface area contributed by atoms with Crippen LogP contribution in [0.5, 0.6) is 5.75 Å². The molecule has 0 radical (unpaired) electrons. The molecule has 0 amide bonds. The molecular weight excluding hydrogens is 238 g/mol. The highest BCUT2D eigenvalue weighted by molar-refractivity contribution is 5.77. The number of hydrogen-bond donors (Lipinski definition) is 2. The first-order chi connectivity index (χ1) is 8.99. The Bertz CT molecular complexity index is 410. The number of ether oxygens (including phenoxy) is 1. The highest BCUT2D eigenvalue weighted by Gasteiger charge is 2.20. The van der Waals surface area contributed by atoms with E-state index in [9.17, 15) is 0 Å². The molecule has 4 nitrogen and oxygen atoms in total. The summed E-state index contributed by atoms with van der Waals surface area (Å²) >= 11 is 0. The van der Waals surface area contributed by atoms with Crippen LogP contribution < -0.4 is 15.8 Å². The van der Waals surface area contributed by atoms with Crippen LogP contribution in [-0.2, 0) is 5.41 Å². The van der Waals surface area contributed by atoms with E-state index in [0.717, 1.165) is 18.7 Å². The van der Waals surface area contributed by atoms with Crippen molar-refractivity contribution >= 4 is 5.96 Å². The number of benzene rings is 1. The van der Waals surface area contributed by atoms with Gasteiger partial charge < -0.3 is 15.8 Å². The zero-order valence-electron chi connectivity index (χ0n) is 12.4. The quantitative estimate of drug-likeness (QED) is 0.611. The van der Waals surface area contributed by atoms with E-state index in [1.54, 1.807) is 7.11 Å². The summed E-state index contributed by atoms with van der Waals surface area (Å²) in [6.45, 7) is 7.93. The van der Waals surface area contributed by atoms with Gasteiger partial charge in [0.25, 0.3) is 0 Å². The summed E-state index contributed by atoms with van der Waals surface area (Å²) in [6, 6.07) is 8.09. The van der Waals surface area contributed by atoms with Crippen LogP contribution in [0.4, 0.5) is 0 Å². The van der Waals surface area contributed by atoms with Gasteiger partial charge in [0.15, 0.2) is 5.96 Å². The molecule has 0 spiro atoms. The van der Waals surface area contributed by atoms with E-state index in [2.05, 4.69) is 43.2 Å². The second-order valence-corrected chi connectivity index (χ2v) is 5.24. The summed E-state index contributed by atoms with van der Waals surface area (Å²) < 4.78 is 5.17. The Morgan fingerprint density at radius 1 is 1.32 bits per heavy atom. The van der Waals surface area contributed by atoms with Crippen molar-refractivity contribution in [3.05, 3.63) is 29.8 Å². The van der Waals surface area contributed by atoms with E-state index in [1.165, 1.54) is 5.56 Å². The molecule has 3 N–H and O–H groups in total. The Kier molecular flexibility index (Phi) is 5.67. The lowest BCUT2D eigenvalue weighted by molar-refractivity contribution is 0.414. The van der Waals surface area contributed by atoms with E-state index in [4.69, 9.17) is 10.5 Å². The third kappa shape index (κ3) is 4.81. The Morgan fingerprint density at radius 3 is 2.47 bits per heavy atom. The molecule has 0 saturated heterocycles. The molecular formula is C15H25N3O. The van der Waals surface area contributed by atoms with Crippen molar-refractivity contribution in [3.8, 4) is 5.75 Å². The smallest absolute Gasteiger partial charge is 0.188 e. The predicted octanol–water partition coefficient (Wildman–Crippen LogP) is 2.29. The second kappa shape index (κ2) is 7.02. The fraction of sp³-hybridized carbons (Fsp3) is 0.533. The van der Waals surface area contributed by atoms with Crippen molar-refractivity contribution in [2.45, 2.75) is 32.6 Å². The molecule has 1 rings (SSSR count). The maximum absolute atomic E-state index is 5.81. The average molecular weight is 263 g/mol. The summed E-state index contributed by atoms with van der Waals surface area (Å²) in [6.07, 6.45) is 1.04. The summed E-state index contributed by atoms with van der Waals surface area (Å²) in [5.74, 6) is 1.38. The van der Waals surface area contributed by atoms with Crippen LogP contribution in [0.3, 0.4) is 0 Å². The van der Waals surface area contributed by atoms with Gasteiger partial charge in [-0.25, -0.2) is 0 Å². The number of guanidine groups is 1. The van der Waals surface area contributed by atoms with Gasteiger partial charge in [-0.2, -0.15) is 0 Å². The Hall–Kier alpha value is -1.71. The van der Waals surface area contributed by atoms with Gasteiger partial charge in [0.05, 0.1) is 13.7 Å². The van der Waals surface area contributed by atoms with Gasteiger partial charge in [-0.05, 0) is 24.1 Å². The van der Waals surface area contributed by atoms with Gasteiger partial charge >= 0.3 is 0 Å². The molecule has 19 heavy (non-hydrogen) atoms. The third-order valence-corrected chi connectivity index (χ3v) is 3.07. The molecule has 0 saturated carbocycles. The minimum atomic E-state index is -0.0508. The van der Waals surface area contributed by atoms with Gasteiger partial charge in [0.2, 0.25) is 0 Å². The van der Waals surface area contributed by atoms with Crippen molar-refractivity contribution in [3.63, 3.8) is 0 Å². The van der Waals surface area contributed by atoms with Crippen molar-refractivity contribution in [2.75, 3.05) is 20.2 Å². The number of rotatable bonds is 6. The van der Waals surface area contributed by atoms with Crippen LogP contribution in [0.1, 0.15) is 32.8 Å². The molecule has 1 aromatic carbocycles. The maximum atomic E-state index is 5.81. The number of nitrogens with two attached hydrogens (primary N) is 1. The molecule has 0 aromatic heterocycles. The number of nitrogens with zero attached hydrogens (tertiary/aromatic N) is 1. The fourth-order valence-electron chi connectivity index (χ4n) is 1.73. The molecule has 0 heterocycles. The van der Waals surface area contributed by atoms with Crippen LogP contribution in [0.15, 0.2) is 29.3 Å². The fourth-order valence-corrected chi connectivity index (χ4v) is 1.73. The van der Waals surface area contributed by atoms with Gasteiger partial charge in [-0.1, -0.05) is 32.9 Å². The molecule has 0 unspecified atom stereocenters. The maximum Gasteiger partial charge on any atom is 0.188 e. The summed E-state index contributed by atoms with van der Waals surface area (Å²) in [5.41, 5.74) is 6.98. The van der Waals surface area contributed by atoms with Crippen LogP contribution in [0.25, 0.3) is 0 Å². The first-order valence-electron chi connectivity index (χ1n) is 6.68. The zero-order chi connectivity index (χ0) is 14.3. The normalized spacial score (nSPS) is 12.3. The number of nitrogens with one attached hydrogen (secondary N) is 1. The Balaban J connectivity index is 2.68. The van der Waals surface area contributed by atoms with Gasteiger partial charge in [-0.3, -0.25) is 4.99 Å². The molecule has 0 bridgehead atoms. The van der Waals surface area contributed by atoms with Crippen LogP contribution in [-0.4, -0.2) is 26.2 Å². The van der Waals surface area contributed by atoms with E-state index in [0.29, 0.717) is 12.5 Å². The molecule has 0 aliphatic carbocycles. The van der Waals surface area contributed by atoms with Crippen LogP contribution >= 0.6 is 0 Å². The van der Waals surface area contributed by atoms with Gasteiger partial charge in [0, 0.05) is 12.0 Å². The molecule has 0 atom stereocenters. The van der Waals surface area contributed by atoms with E-state index in [1.807, 2.05) is 12.1 Å². The van der Waals surface area contributed by atoms with Gasteiger partial charge in [-0.15, -0.1) is 0 Å².